The first-order valence-electron chi connectivity index (χ1n) is 7.67. The van der Waals surface area contributed by atoms with E-state index in [2.05, 4.69) is 17.4 Å². The van der Waals surface area contributed by atoms with E-state index in [0.29, 0.717) is 13.0 Å². The number of carbonyl (C=O) groups excluding carboxylic acids is 2. The second kappa shape index (κ2) is 7.81. The fourth-order valence-electron chi connectivity index (χ4n) is 2.53. The molecule has 4 nitrogen and oxygen atoms in total. The fourth-order valence-corrected chi connectivity index (χ4v) is 2.53. The zero-order chi connectivity index (χ0) is 15.1. The first-order valence-corrected chi connectivity index (χ1v) is 7.67. The Morgan fingerprint density at radius 2 is 2.00 bits per heavy atom. The number of hydrogen-bond donors (Lipinski definition) is 1. The minimum atomic E-state index is -0.469. The SMILES string of the molecule is C[C@H]1CC(=O)[C@H]1NC(=O)OCCCCCc1ccccc1. The molecule has 21 heavy (non-hydrogen) atoms. The number of nitrogens with one attached hydrogen (secondary N) is 1. The van der Waals surface area contributed by atoms with Crippen molar-refractivity contribution >= 4 is 11.9 Å². The van der Waals surface area contributed by atoms with Gasteiger partial charge in [-0.15, -0.1) is 0 Å². The van der Waals surface area contributed by atoms with Crippen molar-refractivity contribution < 1.29 is 14.3 Å². The van der Waals surface area contributed by atoms with E-state index in [0.717, 1.165) is 25.7 Å². The molecule has 114 valence electrons. The normalized spacial score (nSPS) is 20.7. The van der Waals surface area contributed by atoms with Gasteiger partial charge in [0.15, 0.2) is 5.78 Å². The summed E-state index contributed by atoms with van der Waals surface area (Å²) in [6.07, 6.45) is 4.12. The van der Waals surface area contributed by atoms with Crippen LogP contribution in [0.15, 0.2) is 30.3 Å². The highest BCUT2D eigenvalue weighted by Crippen LogP contribution is 2.22. The fraction of sp³-hybridized carbons (Fsp3) is 0.529. The summed E-state index contributed by atoms with van der Waals surface area (Å²) in [5, 5.41) is 2.62. The first-order chi connectivity index (χ1) is 10.2. The lowest BCUT2D eigenvalue weighted by atomic mass is 9.80. The van der Waals surface area contributed by atoms with Crippen molar-refractivity contribution in [2.45, 2.75) is 45.1 Å². The van der Waals surface area contributed by atoms with Gasteiger partial charge in [-0.05, 0) is 37.2 Å². The Bertz CT molecular complexity index is 472. The van der Waals surface area contributed by atoms with Crippen LogP contribution in [0.4, 0.5) is 4.79 Å². The van der Waals surface area contributed by atoms with Crippen molar-refractivity contribution in [2.24, 2.45) is 5.92 Å². The van der Waals surface area contributed by atoms with Gasteiger partial charge in [0.25, 0.3) is 0 Å². The summed E-state index contributed by atoms with van der Waals surface area (Å²) in [7, 11) is 0. The van der Waals surface area contributed by atoms with Crippen LogP contribution >= 0.6 is 0 Å². The summed E-state index contributed by atoms with van der Waals surface area (Å²) in [6, 6.07) is 10.0. The zero-order valence-corrected chi connectivity index (χ0v) is 12.5. The second-order valence-corrected chi connectivity index (χ2v) is 5.70. The summed E-state index contributed by atoms with van der Waals surface area (Å²) in [5.74, 6) is 0.332. The molecule has 0 aliphatic heterocycles. The quantitative estimate of drug-likeness (QED) is 0.785. The van der Waals surface area contributed by atoms with Gasteiger partial charge in [-0.2, -0.15) is 0 Å². The molecule has 0 saturated heterocycles. The molecule has 1 aliphatic rings. The molecule has 0 heterocycles. The van der Waals surface area contributed by atoms with E-state index in [1.165, 1.54) is 5.56 Å². The van der Waals surface area contributed by atoms with Crippen LogP contribution < -0.4 is 5.32 Å². The van der Waals surface area contributed by atoms with E-state index in [4.69, 9.17) is 4.74 Å². The second-order valence-electron chi connectivity index (χ2n) is 5.70. The minimum Gasteiger partial charge on any atom is -0.450 e. The van der Waals surface area contributed by atoms with Gasteiger partial charge >= 0.3 is 6.09 Å². The molecule has 1 aromatic carbocycles. The van der Waals surface area contributed by atoms with Crippen LogP contribution in [0.25, 0.3) is 0 Å². The summed E-state index contributed by atoms with van der Waals surface area (Å²) in [6.45, 7) is 2.37. The van der Waals surface area contributed by atoms with Gasteiger partial charge < -0.3 is 10.1 Å². The van der Waals surface area contributed by atoms with Gasteiger partial charge in [-0.3, -0.25) is 4.79 Å². The predicted octanol–water partition coefficient (Wildman–Crippen LogP) is 3.10. The molecule has 1 amide bonds. The molecule has 2 atom stereocenters. The Balaban J connectivity index is 1.50. The first kappa shape index (κ1) is 15.5. The molecule has 4 heteroatoms. The highest BCUT2D eigenvalue weighted by molar-refractivity contribution is 5.93. The molecule has 1 saturated carbocycles. The van der Waals surface area contributed by atoms with E-state index in [1.54, 1.807) is 0 Å². The molecule has 1 fully saturated rings. The third-order valence-corrected chi connectivity index (χ3v) is 3.90. The molecule has 1 aliphatic carbocycles. The number of amides is 1. The van der Waals surface area contributed by atoms with Crippen LogP contribution in [-0.2, 0) is 16.0 Å². The van der Waals surface area contributed by atoms with Crippen molar-refractivity contribution in [1.82, 2.24) is 5.32 Å². The van der Waals surface area contributed by atoms with Gasteiger partial charge in [0.05, 0.1) is 12.6 Å². The number of rotatable bonds is 7. The summed E-state index contributed by atoms with van der Waals surface area (Å²) >= 11 is 0. The zero-order valence-electron chi connectivity index (χ0n) is 12.5. The topological polar surface area (TPSA) is 55.4 Å². The third-order valence-electron chi connectivity index (χ3n) is 3.90. The van der Waals surface area contributed by atoms with Crippen LogP contribution in [0.3, 0.4) is 0 Å². The van der Waals surface area contributed by atoms with E-state index in [9.17, 15) is 9.59 Å². The smallest absolute Gasteiger partial charge is 0.407 e. The largest absolute Gasteiger partial charge is 0.450 e. The standard InChI is InChI=1S/C17H23NO3/c1-13-12-15(19)16(13)18-17(20)21-11-7-3-6-10-14-8-4-2-5-9-14/h2,4-5,8-9,13,16H,3,6-7,10-12H2,1H3,(H,18,20)/t13-,16-/m0/s1. The highest BCUT2D eigenvalue weighted by Gasteiger charge is 2.37. The van der Waals surface area contributed by atoms with Gasteiger partial charge in [-0.25, -0.2) is 4.79 Å². The van der Waals surface area contributed by atoms with Crippen molar-refractivity contribution in [3.05, 3.63) is 35.9 Å². The Kier molecular flexibility index (Phi) is 5.78. The number of ether oxygens (including phenoxy) is 1. The van der Waals surface area contributed by atoms with Gasteiger partial charge in [0.2, 0.25) is 0 Å². The molecule has 0 radical (unpaired) electrons. The van der Waals surface area contributed by atoms with Gasteiger partial charge in [0.1, 0.15) is 0 Å². The molecule has 0 spiro atoms. The van der Waals surface area contributed by atoms with Gasteiger partial charge in [-0.1, -0.05) is 37.3 Å². The van der Waals surface area contributed by atoms with E-state index in [1.807, 2.05) is 25.1 Å². The average Bonchev–Trinajstić information content (AvgIpc) is 2.49. The molecule has 2 rings (SSSR count). The number of aryl methyl sites for hydroxylation is 1. The average molecular weight is 289 g/mol. The lowest BCUT2D eigenvalue weighted by Gasteiger charge is -2.32. The number of hydrogen-bond acceptors (Lipinski definition) is 3. The van der Waals surface area contributed by atoms with Crippen LogP contribution in [0.2, 0.25) is 0 Å². The Morgan fingerprint density at radius 1 is 1.24 bits per heavy atom. The minimum absolute atomic E-state index is 0.0994. The van der Waals surface area contributed by atoms with Crippen molar-refractivity contribution in [1.29, 1.82) is 0 Å². The summed E-state index contributed by atoms with van der Waals surface area (Å²) < 4.78 is 5.10. The summed E-state index contributed by atoms with van der Waals surface area (Å²) in [4.78, 5) is 22.8. The maximum absolute atomic E-state index is 11.5. The Hall–Kier alpha value is -1.84. The Labute approximate surface area is 125 Å². The van der Waals surface area contributed by atoms with Crippen molar-refractivity contribution in [3.63, 3.8) is 0 Å². The molecule has 1 aromatic rings. The molecule has 0 aromatic heterocycles. The number of alkyl carbamates (subject to hydrolysis) is 1. The van der Waals surface area contributed by atoms with E-state index < -0.39 is 6.09 Å². The highest BCUT2D eigenvalue weighted by atomic mass is 16.5. The molecule has 0 bridgehead atoms. The molecule has 1 N–H and O–H groups in total. The van der Waals surface area contributed by atoms with Gasteiger partial charge in [0, 0.05) is 6.42 Å². The number of carbonyl (C=O) groups is 2. The third kappa shape index (κ3) is 4.88. The molecule has 0 unspecified atom stereocenters. The van der Waals surface area contributed by atoms with Crippen LogP contribution in [0, 0.1) is 5.92 Å². The van der Waals surface area contributed by atoms with Crippen LogP contribution in [0.5, 0.6) is 0 Å². The van der Waals surface area contributed by atoms with Crippen molar-refractivity contribution in [2.75, 3.05) is 6.61 Å². The number of benzene rings is 1. The van der Waals surface area contributed by atoms with Crippen LogP contribution in [0.1, 0.15) is 38.2 Å². The van der Waals surface area contributed by atoms with E-state index in [-0.39, 0.29) is 17.7 Å². The lowest BCUT2D eigenvalue weighted by Crippen LogP contribution is -2.53. The van der Waals surface area contributed by atoms with E-state index >= 15 is 0 Å². The maximum atomic E-state index is 11.5. The molecular weight excluding hydrogens is 266 g/mol. The maximum Gasteiger partial charge on any atom is 0.407 e. The summed E-state index contributed by atoms with van der Waals surface area (Å²) in [5.41, 5.74) is 1.34. The molecular formula is C17H23NO3. The predicted molar refractivity (Wildman–Crippen MR) is 81.1 cm³/mol. The van der Waals surface area contributed by atoms with Crippen molar-refractivity contribution in [3.8, 4) is 0 Å². The monoisotopic (exact) mass is 289 g/mol. The Morgan fingerprint density at radius 3 is 2.67 bits per heavy atom. The number of Topliss-reactive ketones (excluding diaryl/α,β-unsaturated/α-hetero) is 1. The van der Waals surface area contributed by atoms with Crippen LogP contribution in [-0.4, -0.2) is 24.5 Å². The number of ketones is 1. The lowest BCUT2D eigenvalue weighted by molar-refractivity contribution is -0.129. The number of unbranched alkanes of at least 4 members (excludes halogenated alkanes) is 2.